The van der Waals surface area contributed by atoms with Gasteiger partial charge < -0.3 is 15.7 Å². The van der Waals surface area contributed by atoms with Gasteiger partial charge in [0, 0.05) is 25.6 Å². The first-order valence-corrected chi connectivity index (χ1v) is 5.92. The van der Waals surface area contributed by atoms with Gasteiger partial charge in [-0.2, -0.15) is 0 Å². The van der Waals surface area contributed by atoms with Gasteiger partial charge in [-0.1, -0.05) is 12.2 Å². The Morgan fingerprint density at radius 2 is 2.22 bits per heavy atom. The Balaban J connectivity index is 2.86. The second-order valence-corrected chi connectivity index (χ2v) is 4.29. The van der Waals surface area contributed by atoms with Crippen molar-refractivity contribution in [2.45, 2.75) is 13.3 Å². The molecule has 0 spiro atoms. The fraction of sp³-hybridized carbons (Fsp3) is 0.333. The molecule has 0 aliphatic rings. The summed E-state index contributed by atoms with van der Waals surface area (Å²) in [6.07, 6.45) is 0.397. The molecular formula is C12H15FN2O2S. The molecule has 1 aromatic rings. The van der Waals surface area contributed by atoms with E-state index in [4.69, 9.17) is 23.1 Å². The molecule has 0 unspecified atom stereocenters. The fourth-order valence-corrected chi connectivity index (χ4v) is 1.59. The SMILES string of the molecule is CCN(CCC(N)=S)C(=O)c1ccc(O)cc1F. The van der Waals surface area contributed by atoms with Crippen molar-refractivity contribution in [1.29, 1.82) is 0 Å². The van der Waals surface area contributed by atoms with Crippen molar-refractivity contribution in [1.82, 2.24) is 4.90 Å². The molecule has 0 saturated heterocycles. The number of halogens is 1. The molecule has 4 nitrogen and oxygen atoms in total. The highest BCUT2D eigenvalue weighted by Gasteiger charge is 2.18. The van der Waals surface area contributed by atoms with Crippen LogP contribution in [0.1, 0.15) is 23.7 Å². The molecule has 0 fully saturated rings. The molecule has 3 N–H and O–H groups in total. The van der Waals surface area contributed by atoms with E-state index in [0.29, 0.717) is 24.5 Å². The van der Waals surface area contributed by atoms with E-state index in [1.54, 1.807) is 6.92 Å². The zero-order valence-corrected chi connectivity index (χ0v) is 10.8. The van der Waals surface area contributed by atoms with Crippen molar-refractivity contribution in [3.8, 4) is 5.75 Å². The number of phenolic OH excluding ortho intramolecular Hbond substituents is 1. The normalized spacial score (nSPS) is 10.1. The highest BCUT2D eigenvalue weighted by atomic mass is 32.1. The molecule has 1 amide bonds. The number of nitrogens with zero attached hydrogens (tertiary/aromatic N) is 1. The van der Waals surface area contributed by atoms with Crippen molar-refractivity contribution in [3.63, 3.8) is 0 Å². The van der Waals surface area contributed by atoms with E-state index in [1.165, 1.54) is 17.0 Å². The van der Waals surface area contributed by atoms with Crippen LogP contribution < -0.4 is 5.73 Å². The van der Waals surface area contributed by atoms with Crippen molar-refractivity contribution in [2.24, 2.45) is 5.73 Å². The highest BCUT2D eigenvalue weighted by Crippen LogP contribution is 2.16. The van der Waals surface area contributed by atoms with Crippen LogP contribution in [0.15, 0.2) is 18.2 Å². The van der Waals surface area contributed by atoms with Gasteiger partial charge in [-0.25, -0.2) is 4.39 Å². The summed E-state index contributed by atoms with van der Waals surface area (Å²) in [6, 6.07) is 3.45. The average Bonchev–Trinajstić information content (AvgIpc) is 2.29. The van der Waals surface area contributed by atoms with Crippen LogP contribution in [0.25, 0.3) is 0 Å². The number of benzene rings is 1. The van der Waals surface area contributed by atoms with E-state index < -0.39 is 11.7 Å². The van der Waals surface area contributed by atoms with Crippen molar-refractivity contribution in [3.05, 3.63) is 29.6 Å². The van der Waals surface area contributed by atoms with Gasteiger partial charge in [-0.3, -0.25) is 4.79 Å². The maximum absolute atomic E-state index is 13.5. The molecule has 0 bridgehead atoms. The number of carbonyl (C=O) groups excluding carboxylic acids is 1. The molecule has 0 saturated carbocycles. The van der Waals surface area contributed by atoms with Crippen LogP contribution in [0.4, 0.5) is 4.39 Å². The number of aromatic hydroxyl groups is 1. The van der Waals surface area contributed by atoms with Gasteiger partial charge >= 0.3 is 0 Å². The Hall–Kier alpha value is -1.69. The second kappa shape index (κ2) is 6.30. The Bertz CT molecular complexity index is 465. The number of phenols is 1. The van der Waals surface area contributed by atoms with Crippen LogP contribution in [-0.4, -0.2) is 34.0 Å². The van der Waals surface area contributed by atoms with E-state index in [-0.39, 0.29) is 11.3 Å². The molecule has 0 aromatic heterocycles. The minimum absolute atomic E-state index is 0.0717. The topological polar surface area (TPSA) is 66.6 Å². The zero-order chi connectivity index (χ0) is 13.7. The minimum atomic E-state index is -0.742. The number of carbonyl (C=O) groups is 1. The van der Waals surface area contributed by atoms with Crippen LogP contribution >= 0.6 is 12.2 Å². The van der Waals surface area contributed by atoms with E-state index in [0.717, 1.165) is 6.07 Å². The van der Waals surface area contributed by atoms with Crippen LogP contribution in [0, 0.1) is 5.82 Å². The maximum atomic E-state index is 13.5. The first-order valence-electron chi connectivity index (χ1n) is 5.51. The van der Waals surface area contributed by atoms with Gasteiger partial charge in [-0.15, -0.1) is 0 Å². The summed E-state index contributed by atoms with van der Waals surface area (Å²) in [6.45, 7) is 2.57. The van der Waals surface area contributed by atoms with Crippen molar-refractivity contribution < 1.29 is 14.3 Å². The number of hydrogen-bond acceptors (Lipinski definition) is 3. The molecule has 98 valence electrons. The van der Waals surface area contributed by atoms with Crippen molar-refractivity contribution in [2.75, 3.05) is 13.1 Å². The van der Waals surface area contributed by atoms with Crippen molar-refractivity contribution >= 4 is 23.1 Å². The Labute approximate surface area is 110 Å². The van der Waals surface area contributed by atoms with Gasteiger partial charge in [0.15, 0.2) is 0 Å². The minimum Gasteiger partial charge on any atom is -0.508 e. The predicted molar refractivity (Wildman–Crippen MR) is 71.0 cm³/mol. The van der Waals surface area contributed by atoms with Crippen LogP contribution in [0.3, 0.4) is 0 Å². The first-order chi connectivity index (χ1) is 8.45. The monoisotopic (exact) mass is 270 g/mol. The Morgan fingerprint density at radius 3 is 2.72 bits per heavy atom. The lowest BCUT2D eigenvalue weighted by molar-refractivity contribution is 0.0764. The quantitative estimate of drug-likeness (QED) is 0.799. The number of nitrogens with two attached hydrogens (primary N) is 1. The van der Waals surface area contributed by atoms with Gasteiger partial charge in [0.2, 0.25) is 0 Å². The molecule has 1 rings (SSSR count). The van der Waals surface area contributed by atoms with E-state index in [1.807, 2.05) is 0 Å². The molecule has 0 atom stereocenters. The third kappa shape index (κ3) is 3.66. The lowest BCUT2D eigenvalue weighted by Crippen LogP contribution is -2.34. The number of hydrogen-bond donors (Lipinski definition) is 2. The van der Waals surface area contributed by atoms with Gasteiger partial charge in [0.05, 0.1) is 10.6 Å². The molecule has 1 aromatic carbocycles. The van der Waals surface area contributed by atoms with Gasteiger partial charge in [0.25, 0.3) is 5.91 Å². The third-order valence-corrected chi connectivity index (χ3v) is 2.68. The fourth-order valence-electron chi connectivity index (χ4n) is 1.50. The summed E-state index contributed by atoms with van der Waals surface area (Å²) in [5.74, 6) is -1.39. The van der Waals surface area contributed by atoms with Gasteiger partial charge in [-0.05, 0) is 19.1 Å². The molecule has 0 radical (unpaired) electrons. The lowest BCUT2D eigenvalue weighted by Gasteiger charge is -2.20. The zero-order valence-electron chi connectivity index (χ0n) is 10.0. The summed E-state index contributed by atoms with van der Waals surface area (Å²) in [5, 5.41) is 9.09. The summed E-state index contributed by atoms with van der Waals surface area (Å²) in [7, 11) is 0. The lowest BCUT2D eigenvalue weighted by atomic mass is 10.1. The standard InChI is InChI=1S/C12H15FN2O2S/c1-2-15(6-5-11(14)18)12(17)9-4-3-8(16)7-10(9)13/h3-4,7,16H,2,5-6H2,1H3,(H2,14,18). The Kier molecular flexibility index (Phi) is 5.03. The molecule has 0 aliphatic carbocycles. The summed E-state index contributed by atoms with van der Waals surface area (Å²) < 4.78 is 13.5. The summed E-state index contributed by atoms with van der Waals surface area (Å²) in [5.41, 5.74) is 5.30. The Morgan fingerprint density at radius 1 is 1.56 bits per heavy atom. The second-order valence-electron chi connectivity index (χ2n) is 3.77. The molecular weight excluding hydrogens is 255 g/mol. The molecule has 18 heavy (non-hydrogen) atoms. The average molecular weight is 270 g/mol. The summed E-state index contributed by atoms with van der Waals surface area (Å²) >= 11 is 4.74. The molecule has 0 heterocycles. The number of rotatable bonds is 5. The first kappa shape index (κ1) is 14.4. The smallest absolute Gasteiger partial charge is 0.256 e. The molecule has 6 heteroatoms. The van der Waals surface area contributed by atoms with Crippen LogP contribution in [0.2, 0.25) is 0 Å². The summed E-state index contributed by atoms with van der Waals surface area (Å²) in [4.78, 5) is 13.8. The van der Waals surface area contributed by atoms with E-state index >= 15 is 0 Å². The maximum Gasteiger partial charge on any atom is 0.256 e. The van der Waals surface area contributed by atoms with Gasteiger partial charge in [0.1, 0.15) is 11.6 Å². The van der Waals surface area contributed by atoms with E-state index in [9.17, 15) is 9.18 Å². The van der Waals surface area contributed by atoms with E-state index in [2.05, 4.69) is 0 Å². The van der Waals surface area contributed by atoms with Crippen LogP contribution in [-0.2, 0) is 0 Å². The molecule has 0 aliphatic heterocycles. The predicted octanol–water partition coefficient (Wildman–Crippen LogP) is 1.67. The third-order valence-electron chi connectivity index (χ3n) is 2.48. The number of thiocarbonyl (C=S) groups is 1. The van der Waals surface area contributed by atoms with Crippen LogP contribution in [0.5, 0.6) is 5.75 Å². The largest absolute Gasteiger partial charge is 0.508 e. The highest BCUT2D eigenvalue weighted by molar-refractivity contribution is 7.80. The number of amides is 1.